The Hall–Kier alpha value is -1.60. The van der Waals surface area contributed by atoms with Gasteiger partial charge < -0.3 is 4.74 Å². The zero-order chi connectivity index (χ0) is 13.1. The molecule has 0 N–H and O–H groups in total. The molecular weight excluding hydrogens is 274 g/mol. The number of amides is 2. The van der Waals surface area contributed by atoms with Gasteiger partial charge in [0, 0.05) is 4.88 Å². The highest BCUT2D eigenvalue weighted by Gasteiger charge is 2.36. The second-order valence-electron chi connectivity index (χ2n) is 3.36. The first kappa shape index (κ1) is 12.8. The van der Waals surface area contributed by atoms with Crippen LogP contribution in [0.2, 0.25) is 0 Å². The van der Waals surface area contributed by atoms with Gasteiger partial charge in [0.2, 0.25) is 0 Å². The fourth-order valence-electron chi connectivity index (χ4n) is 1.33. The number of ether oxygens (including phenoxy) is 1. The van der Waals surface area contributed by atoms with Crippen molar-refractivity contribution in [1.29, 1.82) is 0 Å². The van der Waals surface area contributed by atoms with Gasteiger partial charge in [-0.3, -0.25) is 19.3 Å². The van der Waals surface area contributed by atoms with Crippen LogP contribution in [0.15, 0.2) is 22.4 Å². The Bertz CT molecular complexity index is 521. The monoisotopic (exact) mass is 283 g/mol. The second kappa shape index (κ2) is 5.36. The van der Waals surface area contributed by atoms with Crippen LogP contribution in [0.5, 0.6) is 0 Å². The van der Waals surface area contributed by atoms with Gasteiger partial charge in [-0.2, -0.15) is 0 Å². The minimum atomic E-state index is -0.616. The van der Waals surface area contributed by atoms with Crippen LogP contribution in [-0.4, -0.2) is 35.7 Å². The molecule has 1 saturated heterocycles. The van der Waals surface area contributed by atoms with Crippen molar-refractivity contribution in [2.24, 2.45) is 0 Å². The molecule has 94 valence electrons. The fourth-order valence-corrected chi connectivity index (χ4v) is 2.89. The molecule has 1 aromatic rings. The van der Waals surface area contributed by atoms with E-state index in [4.69, 9.17) is 0 Å². The smallest absolute Gasteiger partial charge is 0.325 e. The van der Waals surface area contributed by atoms with Gasteiger partial charge >= 0.3 is 5.97 Å². The van der Waals surface area contributed by atoms with Crippen LogP contribution in [0.4, 0.5) is 4.79 Å². The molecule has 1 aliphatic rings. The van der Waals surface area contributed by atoms with E-state index in [1.807, 2.05) is 17.5 Å². The predicted octanol–water partition coefficient (Wildman–Crippen LogP) is 1.96. The first-order chi connectivity index (χ1) is 8.61. The molecule has 1 fully saturated rings. The summed E-state index contributed by atoms with van der Waals surface area (Å²) in [6.45, 7) is -0.344. The number of esters is 1. The molecule has 1 aliphatic heterocycles. The number of hydrogen-bond acceptors (Lipinski definition) is 6. The molecule has 0 radical (unpaired) electrons. The number of thioether (sulfide) groups is 1. The van der Waals surface area contributed by atoms with Crippen LogP contribution in [0.3, 0.4) is 0 Å². The Balaban J connectivity index is 2.16. The Morgan fingerprint density at radius 1 is 1.50 bits per heavy atom. The molecule has 0 unspecified atom stereocenters. The van der Waals surface area contributed by atoms with Gasteiger partial charge in [-0.1, -0.05) is 6.07 Å². The zero-order valence-electron chi connectivity index (χ0n) is 9.41. The predicted molar refractivity (Wildman–Crippen MR) is 69.0 cm³/mol. The average molecular weight is 283 g/mol. The van der Waals surface area contributed by atoms with Crippen molar-refractivity contribution < 1.29 is 19.1 Å². The summed E-state index contributed by atoms with van der Waals surface area (Å²) >= 11 is 2.30. The summed E-state index contributed by atoms with van der Waals surface area (Å²) in [4.78, 5) is 36.7. The third-order valence-electron chi connectivity index (χ3n) is 2.21. The molecule has 0 saturated carbocycles. The minimum absolute atomic E-state index is 0.325. The van der Waals surface area contributed by atoms with E-state index in [0.29, 0.717) is 4.91 Å². The Labute approximate surface area is 111 Å². The fraction of sp³-hybridized carbons (Fsp3) is 0.182. The van der Waals surface area contributed by atoms with E-state index in [2.05, 4.69) is 4.74 Å². The largest absolute Gasteiger partial charge is 0.468 e. The van der Waals surface area contributed by atoms with E-state index in [1.54, 1.807) is 6.08 Å². The highest BCUT2D eigenvalue weighted by Crippen LogP contribution is 2.32. The average Bonchev–Trinajstić information content (AvgIpc) is 2.94. The van der Waals surface area contributed by atoms with Crippen LogP contribution in [-0.2, 0) is 14.3 Å². The molecule has 1 aromatic heterocycles. The van der Waals surface area contributed by atoms with E-state index in [-0.39, 0.29) is 6.54 Å². The summed E-state index contributed by atoms with van der Waals surface area (Å²) < 4.78 is 4.44. The molecule has 0 atom stereocenters. The summed E-state index contributed by atoms with van der Waals surface area (Å²) in [6, 6.07) is 3.70. The van der Waals surface area contributed by atoms with Gasteiger partial charge in [0.05, 0.1) is 12.0 Å². The maximum absolute atomic E-state index is 11.9. The molecule has 0 spiro atoms. The summed E-state index contributed by atoms with van der Waals surface area (Å²) in [5.74, 6) is -1.07. The molecule has 0 bridgehead atoms. The maximum Gasteiger partial charge on any atom is 0.325 e. The van der Waals surface area contributed by atoms with Gasteiger partial charge in [0.1, 0.15) is 6.54 Å². The summed E-state index contributed by atoms with van der Waals surface area (Å²) in [5, 5.41) is 1.43. The van der Waals surface area contributed by atoms with Crippen LogP contribution in [0.25, 0.3) is 6.08 Å². The zero-order valence-corrected chi connectivity index (χ0v) is 11.0. The molecule has 2 heterocycles. The number of methoxy groups -OCH3 is 1. The van der Waals surface area contributed by atoms with E-state index in [1.165, 1.54) is 18.4 Å². The maximum atomic E-state index is 11.9. The van der Waals surface area contributed by atoms with Gasteiger partial charge in [-0.15, -0.1) is 11.3 Å². The van der Waals surface area contributed by atoms with Crippen molar-refractivity contribution in [2.45, 2.75) is 0 Å². The molecule has 18 heavy (non-hydrogen) atoms. The Morgan fingerprint density at radius 3 is 2.89 bits per heavy atom. The standard InChI is InChI=1S/C11H9NO4S2/c1-16-9(13)6-12-10(14)8(18-11(12)15)5-7-3-2-4-17-7/h2-5H,6H2,1H3/b8-5-. The molecule has 5 nitrogen and oxygen atoms in total. The van der Waals surface area contributed by atoms with Crippen LogP contribution in [0, 0.1) is 0 Å². The topological polar surface area (TPSA) is 63.7 Å². The lowest BCUT2D eigenvalue weighted by Crippen LogP contribution is -2.34. The summed E-state index contributed by atoms with van der Waals surface area (Å²) in [5.41, 5.74) is 0. The highest BCUT2D eigenvalue weighted by molar-refractivity contribution is 8.18. The van der Waals surface area contributed by atoms with E-state index < -0.39 is 17.1 Å². The van der Waals surface area contributed by atoms with Crippen molar-refractivity contribution in [3.8, 4) is 0 Å². The van der Waals surface area contributed by atoms with E-state index in [9.17, 15) is 14.4 Å². The lowest BCUT2D eigenvalue weighted by molar-refractivity contribution is -0.143. The molecule has 7 heteroatoms. The van der Waals surface area contributed by atoms with Crippen molar-refractivity contribution in [2.75, 3.05) is 13.7 Å². The van der Waals surface area contributed by atoms with Crippen molar-refractivity contribution in [3.63, 3.8) is 0 Å². The quantitative estimate of drug-likeness (QED) is 0.626. The minimum Gasteiger partial charge on any atom is -0.468 e. The lowest BCUT2D eigenvalue weighted by atomic mass is 10.3. The van der Waals surface area contributed by atoms with E-state index >= 15 is 0 Å². The summed E-state index contributed by atoms with van der Waals surface area (Å²) in [6.07, 6.45) is 1.65. The van der Waals surface area contributed by atoms with Gasteiger partial charge in [0.15, 0.2) is 0 Å². The second-order valence-corrected chi connectivity index (χ2v) is 5.33. The third-order valence-corrected chi connectivity index (χ3v) is 3.93. The highest BCUT2D eigenvalue weighted by atomic mass is 32.2. The SMILES string of the molecule is COC(=O)CN1C(=O)S/C(=C\c2cccs2)C1=O. The Kier molecular flexibility index (Phi) is 3.83. The molecular formula is C11H9NO4S2. The number of nitrogens with zero attached hydrogens (tertiary/aromatic N) is 1. The van der Waals surface area contributed by atoms with Crippen molar-refractivity contribution in [3.05, 3.63) is 27.3 Å². The molecule has 2 rings (SSSR count). The van der Waals surface area contributed by atoms with E-state index in [0.717, 1.165) is 21.5 Å². The Morgan fingerprint density at radius 2 is 2.28 bits per heavy atom. The molecule has 2 amide bonds. The van der Waals surface area contributed by atoms with Crippen molar-refractivity contribution >= 4 is 46.3 Å². The number of thiophene rings is 1. The number of carbonyl (C=O) groups excluding carboxylic acids is 3. The third kappa shape index (κ3) is 2.62. The molecule has 0 aliphatic carbocycles. The number of imide groups is 1. The van der Waals surface area contributed by atoms with Gasteiger partial charge in [-0.05, 0) is 29.3 Å². The van der Waals surface area contributed by atoms with Gasteiger partial charge in [0.25, 0.3) is 11.1 Å². The van der Waals surface area contributed by atoms with Crippen LogP contribution >= 0.6 is 23.1 Å². The molecule has 0 aromatic carbocycles. The summed E-state index contributed by atoms with van der Waals surface area (Å²) in [7, 11) is 1.21. The normalized spacial score (nSPS) is 17.6. The first-order valence-electron chi connectivity index (χ1n) is 4.97. The van der Waals surface area contributed by atoms with Crippen LogP contribution in [0.1, 0.15) is 4.88 Å². The van der Waals surface area contributed by atoms with Crippen molar-refractivity contribution in [1.82, 2.24) is 4.90 Å². The van der Waals surface area contributed by atoms with Crippen LogP contribution < -0.4 is 0 Å². The lowest BCUT2D eigenvalue weighted by Gasteiger charge is -2.09. The number of carbonyl (C=O) groups is 3. The van der Waals surface area contributed by atoms with Gasteiger partial charge in [-0.25, -0.2) is 0 Å². The first-order valence-corrected chi connectivity index (χ1v) is 6.67. The number of hydrogen-bond donors (Lipinski definition) is 0. The number of rotatable bonds is 3.